The molecule has 2 atom stereocenters. The zero-order chi connectivity index (χ0) is 21.8. The van der Waals surface area contributed by atoms with Crippen LogP contribution in [0, 0.1) is 5.92 Å². The normalized spacial score (nSPS) is 20.9. The molecule has 4 aromatic rings. The fraction of sp³-hybridized carbons (Fsp3) is 0.0968. The summed E-state index contributed by atoms with van der Waals surface area (Å²) in [5, 5.41) is 3.66. The van der Waals surface area contributed by atoms with E-state index < -0.39 is 0 Å². The second-order valence-electron chi connectivity index (χ2n) is 9.01. The monoisotopic (exact) mass is 441 g/mol. The van der Waals surface area contributed by atoms with Crippen LogP contribution in [0.5, 0.6) is 0 Å². The van der Waals surface area contributed by atoms with Crippen LogP contribution in [0.2, 0.25) is 0 Å². The molecule has 0 saturated carbocycles. The molecule has 3 aliphatic rings. The summed E-state index contributed by atoms with van der Waals surface area (Å²) in [6, 6.07) is 37.6. The standard InChI is InChI=1S/C31H23NS/c1-2-10-21(11-3-1)32-22-18-19-24-23-12-4-5-13-25(23)31(28(24)20-22)26-14-6-8-16-29(26)33-30-17-9-7-15-27(30)31/h1-20,24,28,32H. The van der Waals surface area contributed by atoms with Crippen LogP contribution in [0.25, 0.3) is 0 Å². The highest BCUT2D eigenvalue weighted by molar-refractivity contribution is 7.99. The molecule has 0 fully saturated rings. The number of fused-ring (bicyclic) bond motifs is 9. The van der Waals surface area contributed by atoms with Gasteiger partial charge in [-0.05, 0) is 52.6 Å². The molecule has 0 bridgehead atoms. The molecule has 2 unspecified atom stereocenters. The van der Waals surface area contributed by atoms with Gasteiger partial charge in [0.05, 0.1) is 5.41 Å². The molecule has 33 heavy (non-hydrogen) atoms. The van der Waals surface area contributed by atoms with E-state index >= 15 is 0 Å². The highest BCUT2D eigenvalue weighted by atomic mass is 32.2. The van der Waals surface area contributed by atoms with Crippen molar-refractivity contribution in [1.82, 2.24) is 0 Å². The highest BCUT2D eigenvalue weighted by Gasteiger charge is 2.56. The summed E-state index contributed by atoms with van der Waals surface area (Å²) in [6.07, 6.45) is 7.16. The van der Waals surface area contributed by atoms with Gasteiger partial charge in [0.1, 0.15) is 0 Å². The molecule has 7 rings (SSSR count). The zero-order valence-electron chi connectivity index (χ0n) is 18.1. The molecule has 0 amide bonds. The Morgan fingerprint density at radius 1 is 0.636 bits per heavy atom. The minimum absolute atomic E-state index is 0.200. The lowest BCUT2D eigenvalue weighted by molar-refractivity contribution is 0.440. The van der Waals surface area contributed by atoms with Gasteiger partial charge in [0.2, 0.25) is 0 Å². The van der Waals surface area contributed by atoms with E-state index in [9.17, 15) is 0 Å². The summed E-state index contributed by atoms with van der Waals surface area (Å²) in [4.78, 5) is 2.74. The van der Waals surface area contributed by atoms with Crippen molar-refractivity contribution in [1.29, 1.82) is 0 Å². The van der Waals surface area contributed by atoms with E-state index in [1.807, 2.05) is 11.8 Å². The number of anilines is 1. The maximum absolute atomic E-state index is 3.66. The van der Waals surface area contributed by atoms with Gasteiger partial charge in [0, 0.05) is 33.0 Å². The summed E-state index contributed by atoms with van der Waals surface area (Å²) in [6.45, 7) is 0. The molecule has 2 heteroatoms. The average Bonchev–Trinajstić information content (AvgIpc) is 3.15. The molecule has 0 aromatic heterocycles. The largest absolute Gasteiger partial charge is 0.356 e. The van der Waals surface area contributed by atoms with Gasteiger partial charge < -0.3 is 5.32 Å². The third-order valence-electron chi connectivity index (χ3n) is 7.38. The van der Waals surface area contributed by atoms with Crippen molar-refractivity contribution in [3.63, 3.8) is 0 Å². The fourth-order valence-electron chi connectivity index (χ4n) is 6.14. The van der Waals surface area contributed by atoms with Crippen LogP contribution in [0.15, 0.2) is 137 Å². The number of para-hydroxylation sites is 1. The van der Waals surface area contributed by atoms with Crippen LogP contribution in [0.1, 0.15) is 28.2 Å². The van der Waals surface area contributed by atoms with Gasteiger partial charge in [-0.2, -0.15) is 0 Å². The van der Waals surface area contributed by atoms with Crippen molar-refractivity contribution >= 4 is 17.4 Å². The van der Waals surface area contributed by atoms with E-state index in [-0.39, 0.29) is 5.41 Å². The minimum atomic E-state index is -0.200. The molecule has 4 aromatic carbocycles. The summed E-state index contributed by atoms with van der Waals surface area (Å²) in [7, 11) is 0. The summed E-state index contributed by atoms with van der Waals surface area (Å²) < 4.78 is 0. The van der Waals surface area contributed by atoms with Gasteiger partial charge in [-0.15, -0.1) is 0 Å². The second kappa shape index (κ2) is 7.26. The first kappa shape index (κ1) is 19.0. The topological polar surface area (TPSA) is 12.0 Å². The quantitative estimate of drug-likeness (QED) is 0.341. The number of allylic oxidation sites excluding steroid dienone is 3. The van der Waals surface area contributed by atoms with Crippen molar-refractivity contribution in [2.45, 2.75) is 21.1 Å². The molecule has 0 radical (unpaired) electrons. The molecule has 1 spiro atoms. The van der Waals surface area contributed by atoms with Gasteiger partial charge in [-0.1, -0.05) is 103 Å². The van der Waals surface area contributed by atoms with Crippen LogP contribution >= 0.6 is 11.8 Å². The van der Waals surface area contributed by atoms with Crippen LogP contribution in [-0.4, -0.2) is 0 Å². The Labute approximate surface area is 198 Å². The first-order valence-electron chi connectivity index (χ1n) is 11.5. The van der Waals surface area contributed by atoms with Crippen molar-refractivity contribution in [2.75, 3.05) is 5.32 Å². The predicted molar refractivity (Wildman–Crippen MR) is 137 cm³/mol. The lowest BCUT2D eigenvalue weighted by Gasteiger charge is -2.43. The maximum atomic E-state index is 3.66. The zero-order valence-corrected chi connectivity index (χ0v) is 18.9. The third kappa shape index (κ3) is 2.68. The van der Waals surface area contributed by atoms with Crippen molar-refractivity contribution < 1.29 is 0 Å². The van der Waals surface area contributed by atoms with E-state index in [0.717, 1.165) is 5.69 Å². The van der Waals surface area contributed by atoms with Crippen LogP contribution in [-0.2, 0) is 5.41 Å². The van der Waals surface area contributed by atoms with E-state index in [1.54, 1.807) is 0 Å². The van der Waals surface area contributed by atoms with Gasteiger partial charge in [-0.25, -0.2) is 0 Å². The van der Waals surface area contributed by atoms with E-state index in [4.69, 9.17) is 0 Å². The number of hydrogen-bond donors (Lipinski definition) is 1. The summed E-state index contributed by atoms with van der Waals surface area (Å²) >= 11 is 1.91. The molecule has 0 saturated heterocycles. The molecular weight excluding hydrogens is 418 g/mol. The van der Waals surface area contributed by atoms with Crippen LogP contribution < -0.4 is 5.32 Å². The first-order chi connectivity index (χ1) is 16.4. The van der Waals surface area contributed by atoms with E-state index in [0.29, 0.717) is 11.8 Å². The van der Waals surface area contributed by atoms with Gasteiger partial charge in [0.15, 0.2) is 0 Å². The van der Waals surface area contributed by atoms with Gasteiger partial charge in [0.25, 0.3) is 0 Å². The Hall–Kier alpha value is -3.49. The van der Waals surface area contributed by atoms with E-state index in [1.165, 1.54) is 37.7 Å². The Kier molecular flexibility index (Phi) is 4.19. The summed E-state index contributed by atoms with van der Waals surface area (Å²) in [5.74, 6) is 0.654. The minimum Gasteiger partial charge on any atom is -0.356 e. The molecule has 1 N–H and O–H groups in total. The molecule has 1 aliphatic heterocycles. The molecule has 158 valence electrons. The number of rotatable bonds is 2. The highest BCUT2D eigenvalue weighted by Crippen LogP contribution is 2.64. The molecule has 1 nitrogen and oxygen atoms in total. The lowest BCUT2D eigenvalue weighted by Crippen LogP contribution is -2.38. The smallest absolute Gasteiger partial charge is 0.0548 e. The molecule has 1 heterocycles. The van der Waals surface area contributed by atoms with Crippen molar-refractivity contribution in [2.24, 2.45) is 5.92 Å². The van der Waals surface area contributed by atoms with Gasteiger partial charge in [-0.3, -0.25) is 0 Å². The van der Waals surface area contributed by atoms with E-state index in [2.05, 4.69) is 127 Å². The Morgan fingerprint density at radius 3 is 1.97 bits per heavy atom. The van der Waals surface area contributed by atoms with Crippen LogP contribution in [0.3, 0.4) is 0 Å². The predicted octanol–water partition coefficient (Wildman–Crippen LogP) is 7.76. The number of nitrogens with one attached hydrogen (secondary N) is 1. The third-order valence-corrected chi connectivity index (χ3v) is 8.53. The Balaban J connectivity index is 1.50. The molecular formula is C31H23NS. The van der Waals surface area contributed by atoms with Crippen LogP contribution in [0.4, 0.5) is 5.69 Å². The molecule has 2 aliphatic carbocycles. The van der Waals surface area contributed by atoms with Crippen molar-refractivity contribution in [3.8, 4) is 0 Å². The SMILES string of the molecule is C1=CC2c3ccccc3C3(c4ccccc4Sc4ccccc43)C2C=C1Nc1ccccc1. The Bertz CT molecular complexity index is 1390. The first-order valence-corrected chi connectivity index (χ1v) is 12.4. The Morgan fingerprint density at radius 2 is 1.24 bits per heavy atom. The lowest BCUT2D eigenvalue weighted by atomic mass is 9.62. The summed E-state index contributed by atoms with van der Waals surface area (Å²) in [5.41, 5.74) is 7.85. The number of benzene rings is 4. The maximum Gasteiger partial charge on any atom is 0.0548 e. The average molecular weight is 442 g/mol. The fourth-order valence-corrected chi connectivity index (χ4v) is 7.35. The second-order valence-corrected chi connectivity index (χ2v) is 10.1. The van der Waals surface area contributed by atoms with Gasteiger partial charge >= 0.3 is 0 Å². The number of hydrogen-bond acceptors (Lipinski definition) is 2. The van der Waals surface area contributed by atoms with Crippen molar-refractivity contribution in [3.05, 3.63) is 149 Å².